The van der Waals surface area contributed by atoms with Gasteiger partial charge in [-0.15, -0.1) is 0 Å². The van der Waals surface area contributed by atoms with Crippen LogP contribution in [-0.2, 0) is 10.0 Å². The summed E-state index contributed by atoms with van der Waals surface area (Å²) in [4.78, 5) is 2.39. The van der Waals surface area contributed by atoms with Crippen LogP contribution in [0.3, 0.4) is 0 Å². The SMILES string of the molecule is COc1ccc(S(=O)(=O)N2CCN(c3cc(OC)ccc3OC)CC2)cc1. The van der Waals surface area contributed by atoms with Gasteiger partial charge in [0.1, 0.15) is 17.2 Å². The van der Waals surface area contributed by atoms with Crippen LogP contribution in [0.2, 0.25) is 0 Å². The molecule has 0 bridgehead atoms. The number of ether oxygens (including phenoxy) is 3. The molecule has 1 aliphatic heterocycles. The van der Waals surface area contributed by atoms with Crippen LogP contribution >= 0.6 is 0 Å². The Morgan fingerprint density at radius 3 is 1.93 bits per heavy atom. The molecule has 1 heterocycles. The second kappa shape index (κ2) is 8.06. The van der Waals surface area contributed by atoms with Crippen molar-refractivity contribution in [3.63, 3.8) is 0 Å². The molecular weight excluding hydrogens is 368 g/mol. The zero-order chi connectivity index (χ0) is 19.4. The van der Waals surface area contributed by atoms with Crippen molar-refractivity contribution in [1.82, 2.24) is 4.31 Å². The Balaban J connectivity index is 1.75. The molecule has 0 aromatic heterocycles. The number of benzene rings is 2. The van der Waals surface area contributed by atoms with Crippen molar-refractivity contribution in [2.75, 3.05) is 52.4 Å². The average Bonchev–Trinajstić information content (AvgIpc) is 2.73. The highest BCUT2D eigenvalue weighted by Gasteiger charge is 2.29. The zero-order valence-corrected chi connectivity index (χ0v) is 16.5. The second-order valence-corrected chi connectivity index (χ2v) is 8.04. The molecule has 0 aliphatic carbocycles. The van der Waals surface area contributed by atoms with Crippen molar-refractivity contribution >= 4 is 15.7 Å². The lowest BCUT2D eigenvalue weighted by Crippen LogP contribution is -2.48. The van der Waals surface area contributed by atoms with Gasteiger partial charge in [-0.1, -0.05) is 0 Å². The van der Waals surface area contributed by atoms with E-state index in [2.05, 4.69) is 4.90 Å². The van der Waals surface area contributed by atoms with Crippen LogP contribution in [0.4, 0.5) is 5.69 Å². The molecule has 1 aliphatic rings. The van der Waals surface area contributed by atoms with Gasteiger partial charge in [-0.25, -0.2) is 8.42 Å². The molecule has 146 valence electrons. The molecule has 1 saturated heterocycles. The summed E-state index contributed by atoms with van der Waals surface area (Å²) in [7, 11) is 1.26. The van der Waals surface area contributed by atoms with E-state index in [1.165, 1.54) is 4.31 Å². The quantitative estimate of drug-likeness (QED) is 0.751. The fraction of sp³-hybridized carbons (Fsp3) is 0.368. The van der Waals surface area contributed by atoms with Gasteiger partial charge in [0.25, 0.3) is 0 Å². The lowest BCUT2D eigenvalue weighted by atomic mass is 10.2. The van der Waals surface area contributed by atoms with Gasteiger partial charge in [-0.2, -0.15) is 4.31 Å². The first kappa shape index (κ1) is 19.3. The molecule has 3 rings (SSSR count). The summed E-state index contributed by atoms with van der Waals surface area (Å²) in [5, 5.41) is 0. The number of anilines is 1. The first-order chi connectivity index (χ1) is 13.0. The highest BCUT2D eigenvalue weighted by molar-refractivity contribution is 7.89. The van der Waals surface area contributed by atoms with E-state index < -0.39 is 10.0 Å². The van der Waals surface area contributed by atoms with Gasteiger partial charge in [0.05, 0.1) is 31.9 Å². The molecule has 0 radical (unpaired) electrons. The molecule has 0 atom stereocenters. The number of piperazine rings is 1. The lowest BCUT2D eigenvalue weighted by molar-refractivity contribution is 0.376. The van der Waals surface area contributed by atoms with Gasteiger partial charge >= 0.3 is 0 Å². The molecule has 7 nitrogen and oxygen atoms in total. The average molecular weight is 392 g/mol. The van der Waals surface area contributed by atoms with Crippen molar-refractivity contribution in [2.45, 2.75) is 4.90 Å². The van der Waals surface area contributed by atoms with Gasteiger partial charge in [-0.3, -0.25) is 0 Å². The first-order valence-corrected chi connectivity index (χ1v) is 10.0. The van der Waals surface area contributed by atoms with Crippen LogP contribution in [0.15, 0.2) is 47.4 Å². The summed E-state index contributed by atoms with van der Waals surface area (Å²) < 4.78 is 43.1. The molecule has 0 amide bonds. The normalized spacial score (nSPS) is 15.4. The third-order valence-electron chi connectivity index (χ3n) is 4.66. The van der Waals surface area contributed by atoms with E-state index in [1.807, 2.05) is 18.2 Å². The van der Waals surface area contributed by atoms with Crippen LogP contribution in [0.25, 0.3) is 0 Å². The van der Waals surface area contributed by atoms with Crippen LogP contribution in [0.1, 0.15) is 0 Å². The summed E-state index contributed by atoms with van der Waals surface area (Å²) >= 11 is 0. The lowest BCUT2D eigenvalue weighted by Gasteiger charge is -2.36. The third-order valence-corrected chi connectivity index (χ3v) is 6.58. The summed E-state index contributed by atoms with van der Waals surface area (Å²) in [6.45, 7) is 1.93. The molecule has 0 unspecified atom stereocenters. The number of hydrogen-bond donors (Lipinski definition) is 0. The third kappa shape index (κ3) is 3.96. The van der Waals surface area contributed by atoms with Gasteiger partial charge in [0, 0.05) is 32.2 Å². The number of sulfonamides is 1. The Kier molecular flexibility index (Phi) is 5.76. The predicted octanol–water partition coefficient (Wildman–Crippen LogP) is 2.22. The molecule has 2 aromatic carbocycles. The van der Waals surface area contributed by atoms with Gasteiger partial charge in [-0.05, 0) is 36.4 Å². The van der Waals surface area contributed by atoms with Gasteiger partial charge in [0.2, 0.25) is 10.0 Å². The van der Waals surface area contributed by atoms with E-state index in [9.17, 15) is 8.42 Å². The Labute approximate surface area is 160 Å². The first-order valence-electron chi connectivity index (χ1n) is 8.61. The Hall–Kier alpha value is -2.45. The fourth-order valence-corrected chi connectivity index (χ4v) is 4.53. The van der Waals surface area contributed by atoms with E-state index in [4.69, 9.17) is 14.2 Å². The maximum atomic E-state index is 12.9. The Bertz CT molecular complexity index is 875. The molecule has 8 heteroatoms. The van der Waals surface area contributed by atoms with E-state index >= 15 is 0 Å². The van der Waals surface area contributed by atoms with E-state index in [-0.39, 0.29) is 4.90 Å². The zero-order valence-electron chi connectivity index (χ0n) is 15.7. The Morgan fingerprint density at radius 1 is 0.778 bits per heavy atom. The molecule has 1 fully saturated rings. The van der Waals surface area contributed by atoms with E-state index in [1.54, 1.807) is 45.6 Å². The van der Waals surface area contributed by atoms with Crippen LogP contribution in [-0.4, -0.2) is 60.2 Å². The maximum absolute atomic E-state index is 12.9. The molecule has 2 aromatic rings. The summed E-state index contributed by atoms with van der Waals surface area (Å²) in [5.74, 6) is 2.10. The summed E-state index contributed by atoms with van der Waals surface area (Å²) in [6, 6.07) is 12.1. The number of nitrogens with zero attached hydrogens (tertiary/aromatic N) is 2. The molecule has 0 saturated carbocycles. The number of rotatable bonds is 6. The smallest absolute Gasteiger partial charge is 0.243 e. The van der Waals surface area contributed by atoms with Crippen molar-refractivity contribution in [2.24, 2.45) is 0 Å². The van der Waals surface area contributed by atoms with Gasteiger partial charge < -0.3 is 19.1 Å². The standard InChI is InChI=1S/C19H24N2O5S/c1-24-15-4-7-17(8-5-15)27(22,23)21-12-10-20(11-13-21)18-14-16(25-2)6-9-19(18)26-3/h4-9,14H,10-13H2,1-3H3. The molecule has 0 N–H and O–H groups in total. The highest BCUT2D eigenvalue weighted by Crippen LogP contribution is 2.33. The summed E-state index contributed by atoms with van der Waals surface area (Å²) in [6.07, 6.45) is 0. The molecule has 0 spiro atoms. The van der Waals surface area contributed by atoms with Crippen molar-refractivity contribution in [1.29, 1.82) is 0 Å². The number of hydrogen-bond acceptors (Lipinski definition) is 6. The van der Waals surface area contributed by atoms with E-state index in [0.717, 1.165) is 17.2 Å². The van der Waals surface area contributed by atoms with Crippen LogP contribution in [0.5, 0.6) is 17.2 Å². The van der Waals surface area contributed by atoms with Crippen LogP contribution in [0, 0.1) is 0 Å². The predicted molar refractivity (Wildman–Crippen MR) is 104 cm³/mol. The number of methoxy groups -OCH3 is 3. The minimum atomic E-state index is -3.53. The maximum Gasteiger partial charge on any atom is 0.243 e. The Morgan fingerprint density at radius 2 is 1.37 bits per heavy atom. The van der Waals surface area contributed by atoms with Gasteiger partial charge in [0.15, 0.2) is 0 Å². The summed E-state index contributed by atoms with van der Waals surface area (Å²) in [5.41, 5.74) is 0.901. The minimum absolute atomic E-state index is 0.274. The second-order valence-electron chi connectivity index (χ2n) is 6.10. The monoisotopic (exact) mass is 392 g/mol. The van der Waals surface area contributed by atoms with Crippen molar-refractivity contribution in [3.8, 4) is 17.2 Å². The molecular formula is C19H24N2O5S. The van der Waals surface area contributed by atoms with Crippen LogP contribution < -0.4 is 19.1 Å². The topological polar surface area (TPSA) is 68.3 Å². The fourth-order valence-electron chi connectivity index (χ4n) is 3.11. The largest absolute Gasteiger partial charge is 0.497 e. The van der Waals surface area contributed by atoms with Crippen molar-refractivity contribution < 1.29 is 22.6 Å². The van der Waals surface area contributed by atoms with E-state index in [0.29, 0.717) is 31.9 Å². The minimum Gasteiger partial charge on any atom is -0.497 e. The van der Waals surface area contributed by atoms with Crippen molar-refractivity contribution in [3.05, 3.63) is 42.5 Å². The molecule has 27 heavy (non-hydrogen) atoms. The highest BCUT2D eigenvalue weighted by atomic mass is 32.2.